The highest BCUT2D eigenvalue weighted by molar-refractivity contribution is 7.89. The number of primary sulfonamides is 1. The van der Waals surface area contributed by atoms with Crippen molar-refractivity contribution in [2.75, 3.05) is 13.1 Å². The number of piperidine rings is 1. The van der Waals surface area contributed by atoms with Crippen molar-refractivity contribution in [3.8, 4) is 17.1 Å². The number of carbonyl (C=O) groups excluding carboxylic acids is 1. The van der Waals surface area contributed by atoms with Gasteiger partial charge in [0, 0.05) is 37.7 Å². The Morgan fingerprint density at radius 2 is 1.91 bits per heavy atom. The molecule has 10 nitrogen and oxygen atoms in total. The van der Waals surface area contributed by atoms with E-state index < -0.39 is 15.8 Å². The van der Waals surface area contributed by atoms with Crippen LogP contribution in [0.1, 0.15) is 26.7 Å². The smallest absolute Gasteiger partial charge is 0.410 e. The molecule has 0 spiro atoms. The van der Waals surface area contributed by atoms with E-state index in [4.69, 9.17) is 14.6 Å². The highest BCUT2D eigenvalue weighted by Gasteiger charge is 2.26. The van der Waals surface area contributed by atoms with Gasteiger partial charge in [-0.2, -0.15) is 0 Å². The number of benzene rings is 1. The van der Waals surface area contributed by atoms with E-state index in [1.165, 1.54) is 24.7 Å². The van der Waals surface area contributed by atoms with E-state index in [1.807, 2.05) is 0 Å². The molecule has 2 aromatic heterocycles. The zero-order chi connectivity index (χ0) is 24.5. The lowest BCUT2D eigenvalue weighted by Crippen LogP contribution is -2.42. The van der Waals surface area contributed by atoms with Crippen molar-refractivity contribution in [3.63, 3.8) is 0 Å². The zero-order valence-corrected chi connectivity index (χ0v) is 19.5. The number of ether oxygens (including phenoxy) is 2. The number of nitrogens with two attached hydrogens (primary N) is 1. The Labute approximate surface area is 196 Å². The molecule has 34 heavy (non-hydrogen) atoms. The molecule has 0 unspecified atom stereocenters. The van der Waals surface area contributed by atoms with Crippen LogP contribution in [0.3, 0.4) is 0 Å². The molecule has 0 bridgehead atoms. The number of nitrogens with zero attached hydrogens (tertiary/aromatic N) is 4. The summed E-state index contributed by atoms with van der Waals surface area (Å²) in [5.74, 6) is -0.480. The van der Waals surface area contributed by atoms with Gasteiger partial charge in [-0.05, 0) is 38.1 Å². The molecule has 0 aliphatic carbocycles. The molecule has 1 aromatic carbocycles. The number of hydrogen-bond acceptors (Lipinski definition) is 8. The lowest BCUT2D eigenvalue weighted by Gasteiger charge is -2.31. The van der Waals surface area contributed by atoms with Crippen LogP contribution in [-0.4, -0.2) is 59.7 Å². The largest absolute Gasteiger partial charge is 0.474 e. The number of aromatic nitrogens is 3. The molecule has 1 amide bonds. The molecule has 3 heterocycles. The quantitative estimate of drug-likeness (QED) is 0.577. The van der Waals surface area contributed by atoms with Crippen LogP contribution in [0.5, 0.6) is 5.88 Å². The third kappa shape index (κ3) is 5.07. The van der Waals surface area contributed by atoms with Crippen LogP contribution < -0.4 is 9.88 Å². The van der Waals surface area contributed by atoms with Crippen LogP contribution in [0.25, 0.3) is 22.2 Å². The third-order valence-corrected chi connectivity index (χ3v) is 6.27. The molecule has 4 rings (SSSR count). The average Bonchev–Trinajstić information content (AvgIpc) is 2.78. The number of halogens is 1. The van der Waals surface area contributed by atoms with Crippen molar-refractivity contribution >= 4 is 27.0 Å². The van der Waals surface area contributed by atoms with Crippen molar-refractivity contribution in [1.82, 2.24) is 19.9 Å². The second kappa shape index (κ2) is 9.47. The fraction of sp³-hybridized carbons (Fsp3) is 0.364. The number of pyridine rings is 1. The first-order valence-corrected chi connectivity index (χ1v) is 12.2. The van der Waals surface area contributed by atoms with Gasteiger partial charge in [0.05, 0.1) is 22.1 Å². The molecule has 12 heteroatoms. The summed E-state index contributed by atoms with van der Waals surface area (Å²) in [6.45, 7) is 4.59. The SMILES string of the molecule is CC(C)OC(=O)N1CCC(Oc2ncnc3c(-c4ccc(S(N)(=O)=O)cc4F)nccc23)CC1. The highest BCUT2D eigenvalue weighted by Crippen LogP contribution is 2.32. The van der Waals surface area contributed by atoms with Gasteiger partial charge in [-0.15, -0.1) is 0 Å². The van der Waals surface area contributed by atoms with E-state index in [-0.39, 0.29) is 34.5 Å². The van der Waals surface area contributed by atoms with E-state index >= 15 is 0 Å². The topological polar surface area (TPSA) is 138 Å². The highest BCUT2D eigenvalue weighted by atomic mass is 32.2. The lowest BCUT2D eigenvalue weighted by atomic mass is 10.1. The minimum absolute atomic E-state index is 0.0691. The van der Waals surface area contributed by atoms with Gasteiger partial charge in [0.25, 0.3) is 0 Å². The number of amides is 1. The van der Waals surface area contributed by atoms with E-state index in [0.29, 0.717) is 42.7 Å². The molecule has 1 saturated heterocycles. The van der Waals surface area contributed by atoms with Crippen LogP contribution in [-0.2, 0) is 14.8 Å². The summed E-state index contributed by atoms with van der Waals surface area (Å²) < 4.78 is 49.2. The molecule has 0 radical (unpaired) electrons. The predicted molar refractivity (Wildman–Crippen MR) is 121 cm³/mol. The molecule has 1 fully saturated rings. The molecule has 3 aromatic rings. The number of fused-ring (bicyclic) bond motifs is 1. The van der Waals surface area contributed by atoms with Crippen LogP contribution in [0.2, 0.25) is 0 Å². The van der Waals surface area contributed by atoms with Gasteiger partial charge in [-0.3, -0.25) is 4.98 Å². The average molecular weight is 490 g/mol. The Morgan fingerprint density at radius 1 is 1.18 bits per heavy atom. The van der Waals surface area contributed by atoms with Crippen LogP contribution in [0.15, 0.2) is 41.7 Å². The number of likely N-dealkylation sites (tertiary alicyclic amines) is 1. The first-order valence-electron chi connectivity index (χ1n) is 10.7. The van der Waals surface area contributed by atoms with Crippen molar-refractivity contribution < 1.29 is 27.1 Å². The van der Waals surface area contributed by atoms with Gasteiger partial charge in [-0.25, -0.2) is 32.7 Å². The van der Waals surface area contributed by atoms with Crippen molar-refractivity contribution in [2.45, 2.75) is 43.8 Å². The summed E-state index contributed by atoms with van der Waals surface area (Å²) in [4.78, 5) is 26.1. The number of sulfonamides is 1. The lowest BCUT2D eigenvalue weighted by molar-refractivity contribution is 0.0511. The van der Waals surface area contributed by atoms with E-state index in [9.17, 15) is 17.6 Å². The number of rotatable bonds is 5. The van der Waals surface area contributed by atoms with Crippen molar-refractivity contribution in [2.24, 2.45) is 5.14 Å². The standard InChI is InChI=1S/C22H24FN5O5S/c1-13(2)32-22(29)28-9-6-14(7-10-28)33-21-17-5-8-25-19(20(17)26-12-27-21)16-4-3-15(11-18(16)23)34(24,30)31/h3-5,8,11-14H,6-7,9-10H2,1-2H3,(H2,24,30,31). The minimum atomic E-state index is -4.04. The predicted octanol–water partition coefficient (Wildman–Crippen LogP) is 2.87. The zero-order valence-electron chi connectivity index (χ0n) is 18.6. The Kier molecular flexibility index (Phi) is 6.62. The van der Waals surface area contributed by atoms with Gasteiger partial charge >= 0.3 is 6.09 Å². The summed E-state index contributed by atoms with van der Waals surface area (Å²) in [6.07, 6.45) is 3.27. The fourth-order valence-electron chi connectivity index (χ4n) is 3.71. The second-order valence-electron chi connectivity index (χ2n) is 8.16. The molecule has 180 valence electrons. The summed E-state index contributed by atoms with van der Waals surface area (Å²) in [6, 6.07) is 5.03. The van der Waals surface area contributed by atoms with Gasteiger partial charge in [0.1, 0.15) is 23.8 Å². The first kappa shape index (κ1) is 23.8. The normalized spacial score (nSPS) is 15.0. The van der Waals surface area contributed by atoms with Gasteiger partial charge < -0.3 is 14.4 Å². The number of carbonyl (C=O) groups is 1. The Hall–Kier alpha value is -3.38. The van der Waals surface area contributed by atoms with Gasteiger partial charge in [-0.1, -0.05) is 0 Å². The summed E-state index contributed by atoms with van der Waals surface area (Å²) >= 11 is 0. The summed E-state index contributed by atoms with van der Waals surface area (Å²) in [7, 11) is -4.04. The molecule has 2 N–H and O–H groups in total. The minimum Gasteiger partial charge on any atom is -0.474 e. The molecule has 0 atom stereocenters. The molecule has 1 aliphatic heterocycles. The Bertz CT molecular complexity index is 1330. The van der Waals surface area contributed by atoms with Crippen LogP contribution >= 0.6 is 0 Å². The summed E-state index contributed by atoms with van der Waals surface area (Å²) in [5.41, 5.74) is 0.641. The Balaban J connectivity index is 1.57. The molecular weight excluding hydrogens is 465 g/mol. The molecular formula is C22H24FN5O5S. The monoisotopic (exact) mass is 489 g/mol. The Morgan fingerprint density at radius 3 is 2.56 bits per heavy atom. The second-order valence-corrected chi connectivity index (χ2v) is 9.72. The maximum Gasteiger partial charge on any atom is 0.410 e. The van der Waals surface area contributed by atoms with Crippen molar-refractivity contribution in [3.05, 3.63) is 42.6 Å². The molecule has 0 saturated carbocycles. The van der Waals surface area contributed by atoms with Gasteiger partial charge in [0.15, 0.2) is 0 Å². The van der Waals surface area contributed by atoms with Crippen LogP contribution in [0, 0.1) is 5.82 Å². The maximum absolute atomic E-state index is 14.8. The third-order valence-electron chi connectivity index (χ3n) is 5.36. The first-order chi connectivity index (χ1) is 16.1. The maximum atomic E-state index is 14.8. The van der Waals surface area contributed by atoms with E-state index in [2.05, 4.69) is 15.0 Å². The number of hydrogen-bond donors (Lipinski definition) is 1. The molecule has 1 aliphatic rings. The van der Waals surface area contributed by atoms with E-state index in [1.54, 1.807) is 24.8 Å². The van der Waals surface area contributed by atoms with Gasteiger partial charge in [0.2, 0.25) is 15.9 Å². The summed E-state index contributed by atoms with van der Waals surface area (Å²) in [5, 5.41) is 5.62. The van der Waals surface area contributed by atoms with E-state index in [0.717, 1.165) is 6.07 Å². The van der Waals surface area contributed by atoms with Crippen molar-refractivity contribution in [1.29, 1.82) is 0 Å². The van der Waals surface area contributed by atoms with Crippen LogP contribution in [0.4, 0.5) is 9.18 Å². The fourth-order valence-corrected chi connectivity index (χ4v) is 4.24.